The average Bonchev–Trinajstić information content (AvgIpc) is 3.02. The molecule has 0 bridgehead atoms. The van der Waals surface area contributed by atoms with E-state index < -0.39 is 0 Å². The van der Waals surface area contributed by atoms with Crippen LogP contribution in [0.3, 0.4) is 0 Å². The molecule has 0 spiro atoms. The molecule has 0 fully saturated rings. The first kappa shape index (κ1) is 16.4. The van der Waals surface area contributed by atoms with E-state index in [-0.39, 0.29) is 18.4 Å². The smallest absolute Gasteiger partial charge is 0.226 e. The van der Waals surface area contributed by atoms with E-state index in [4.69, 9.17) is 14.0 Å². The zero-order valence-corrected chi connectivity index (χ0v) is 14.7. The average molecular weight is 352 g/mol. The van der Waals surface area contributed by atoms with Crippen molar-refractivity contribution in [2.45, 2.75) is 26.4 Å². The number of aryl methyl sites for hydroxylation is 2. The van der Waals surface area contributed by atoms with Crippen molar-refractivity contribution >= 4 is 16.9 Å². The lowest BCUT2D eigenvalue weighted by atomic mass is 10.1. The number of hydrogen-bond acceptors (Lipinski definition) is 5. The predicted octanol–water partition coefficient (Wildman–Crippen LogP) is 2.94. The molecule has 4 rings (SSSR count). The van der Waals surface area contributed by atoms with E-state index in [2.05, 4.69) is 10.5 Å². The maximum Gasteiger partial charge on any atom is 0.226 e. The standard InChI is InChI=1S/C20H20N2O4/c1-12-7-15-16(22-26-19(15)8-13(12)2)9-20(23)21-10-14-11-24-17-5-3-4-6-18(17)25-14/h3-8,14H,9-11H2,1-2H3,(H,21,23). The number of amides is 1. The highest BCUT2D eigenvalue weighted by Gasteiger charge is 2.21. The van der Waals surface area contributed by atoms with Crippen molar-refractivity contribution in [3.63, 3.8) is 0 Å². The lowest BCUT2D eigenvalue weighted by Crippen LogP contribution is -2.41. The second kappa shape index (κ2) is 6.71. The molecule has 3 aromatic rings. The van der Waals surface area contributed by atoms with Gasteiger partial charge in [0.1, 0.15) is 18.4 Å². The first-order valence-corrected chi connectivity index (χ1v) is 8.61. The number of nitrogens with one attached hydrogen (secondary N) is 1. The van der Waals surface area contributed by atoms with Crippen LogP contribution in [0.2, 0.25) is 0 Å². The maximum atomic E-state index is 12.3. The molecule has 0 saturated carbocycles. The largest absolute Gasteiger partial charge is 0.486 e. The van der Waals surface area contributed by atoms with Gasteiger partial charge in [0.15, 0.2) is 17.1 Å². The van der Waals surface area contributed by atoms with Gasteiger partial charge in [-0.05, 0) is 49.2 Å². The zero-order valence-electron chi connectivity index (χ0n) is 14.7. The first-order chi connectivity index (χ1) is 12.6. The van der Waals surface area contributed by atoms with E-state index in [1.165, 1.54) is 0 Å². The Labute approximate surface area is 151 Å². The van der Waals surface area contributed by atoms with Gasteiger partial charge in [0.2, 0.25) is 5.91 Å². The number of para-hydroxylation sites is 2. The molecule has 2 heterocycles. The quantitative estimate of drug-likeness (QED) is 0.781. The highest BCUT2D eigenvalue weighted by Crippen LogP contribution is 2.30. The Morgan fingerprint density at radius 3 is 2.81 bits per heavy atom. The van der Waals surface area contributed by atoms with Crippen LogP contribution >= 0.6 is 0 Å². The van der Waals surface area contributed by atoms with Crippen LogP contribution in [0.25, 0.3) is 11.0 Å². The fourth-order valence-electron chi connectivity index (χ4n) is 2.98. The number of ether oxygens (including phenoxy) is 2. The van der Waals surface area contributed by atoms with Crippen LogP contribution in [0.15, 0.2) is 40.9 Å². The first-order valence-electron chi connectivity index (χ1n) is 8.61. The number of carbonyl (C=O) groups is 1. The third kappa shape index (κ3) is 3.22. The lowest BCUT2D eigenvalue weighted by molar-refractivity contribution is -0.121. The molecule has 1 unspecified atom stereocenters. The molecule has 1 aliphatic heterocycles. The summed E-state index contributed by atoms with van der Waals surface area (Å²) in [4.78, 5) is 12.3. The van der Waals surface area contributed by atoms with Crippen LogP contribution in [0, 0.1) is 13.8 Å². The molecule has 26 heavy (non-hydrogen) atoms. The molecule has 134 valence electrons. The third-order valence-corrected chi connectivity index (χ3v) is 4.58. The molecule has 1 aromatic heterocycles. The predicted molar refractivity (Wildman–Crippen MR) is 96.5 cm³/mol. The van der Waals surface area contributed by atoms with Gasteiger partial charge in [-0.15, -0.1) is 0 Å². The summed E-state index contributed by atoms with van der Waals surface area (Å²) in [7, 11) is 0. The Bertz CT molecular complexity index is 964. The second-order valence-electron chi connectivity index (χ2n) is 6.54. The van der Waals surface area contributed by atoms with Gasteiger partial charge >= 0.3 is 0 Å². The zero-order chi connectivity index (χ0) is 18.1. The van der Waals surface area contributed by atoms with Gasteiger partial charge in [0.25, 0.3) is 0 Å². The number of benzene rings is 2. The van der Waals surface area contributed by atoms with Crippen molar-refractivity contribution in [1.82, 2.24) is 10.5 Å². The fraction of sp³-hybridized carbons (Fsp3) is 0.300. The van der Waals surface area contributed by atoms with Crippen molar-refractivity contribution < 1.29 is 18.8 Å². The highest BCUT2D eigenvalue weighted by atomic mass is 16.6. The van der Waals surface area contributed by atoms with Crippen molar-refractivity contribution in [2.75, 3.05) is 13.2 Å². The Balaban J connectivity index is 1.37. The van der Waals surface area contributed by atoms with Gasteiger partial charge in [-0.2, -0.15) is 0 Å². The number of carbonyl (C=O) groups excluding carboxylic acids is 1. The summed E-state index contributed by atoms with van der Waals surface area (Å²) >= 11 is 0. The Morgan fingerprint density at radius 2 is 1.96 bits per heavy atom. The van der Waals surface area contributed by atoms with Crippen molar-refractivity contribution in [3.05, 3.63) is 53.2 Å². The molecular formula is C20H20N2O4. The highest BCUT2D eigenvalue weighted by molar-refractivity contribution is 5.87. The third-order valence-electron chi connectivity index (χ3n) is 4.58. The van der Waals surface area contributed by atoms with Gasteiger partial charge in [-0.1, -0.05) is 17.3 Å². The number of fused-ring (bicyclic) bond motifs is 2. The molecule has 0 radical (unpaired) electrons. The van der Waals surface area contributed by atoms with E-state index in [1.807, 2.05) is 50.2 Å². The van der Waals surface area contributed by atoms with Crippen LogP contribution in [0.4, 0.5) is 0 Å². The molecule has 1 amide bonds. The summed E-state index contributed by atoms with van der Waals surface area (Å²) < 4.78 is 16.8. The minimum atomic E-state index is -0.215. The van der Waals surface area contributed by atoms with Gasteiger partial charge in [-0.3, -0.25) is 4.79 Å². The van der Waals surface area contributed by atoms with Crippen LogP contribution in [-0.4, -0.2) is 30.3 Å². The summed E-state index contributed by atoms with van der Waals surface area (Å²) in [5.74, 6) is 1.31. The van der Waals surface area contributed by atoms with Gasteiger partial charge < -0.3 is 19.3 Å². The molecule has 1 aliphatic rings. The van der Waals surface area contributed by atoms with Gasteiger partial charge in [0, 0.05) is 5.39 Å². The minimum absolute atomic E-state index is 0.124. The molecule has 6 heteroatoms. The van der Waals surface area contributed by atoms with E-state index in [9.17, 15) is 4.79 Å². The minimum Gasteiger partial charge on any atom is -0.486 e. The second-order valence-corrected chi connectivity index (χ2v) is 6.54. The number of nitrogens with zero attached hydrogens (tertiary/aromatic N) is 1. The van der Waals surface area contributed by atoms with Gasteiger partial charge in [-0.25, -0.2) is 0 Å². The summed E-state index contributed by atoms with van der Waals surface area (Å²) in [5.41, 5.74) is 3.64. The molecule has 6 nitrogen and oxygen atoms in total. The normalized spacial score (nSPS) is 15.8. The van der Waals surface area contributed by atoms with Crippen molar-refractivity contribution in [2.24, 2.45) is 0 Å². The van der Waals surface area contributed by atoms with Crippen LogP contribution in [-0.2, 0) is 11.2 Å². The molecule has 0 saturated heterocycles. The van der Waals surface area contributed by atoms with E-state index >= 15 is 0 Å². The molecule has 0 aliphatic carbocycles. The molecule has 1 N–H and O–H groups in total. The molecular weight excluding hydrogens is 332 g/mol. The Kier molecular flexibility index (Phi) is 4.24. The maximum absolute atomic E-state index is 12.3. The summed E-state index contributed by atoms with van der Waals surface area (Å²) in [5, 5.41) is 7.82. The summed E-state index contributed by atoms with van der Waals surface area (Å²) in [6, 6.07) is 11.5. The Morgan fingerprint density at radius 1 is 1.19 bits per heavy atom. The SMILES string of the molecule is Cc1cc2onc(CC(=O)NCC3COc4ccccc4O3)c2cc1C. The monoisotopic (exact) mass is 352 g/mol. The lowest BCUT2D eigenvalue weighted by Gasteiger charge is -2.26. The van der Waals surface area contributed by atoms with Gasteiger partial charge in [0.05, 0.1) is 13.0 Å². The topological polar surface area (TPSA) is 73.6 Å². The molecule has 1 atom stereocenters. The van der Waals surface area contributed by atoms with Crippen LogP contribution in [0.5, 0.6) is 11.5 Å². The molecule has 2 aromatic carbocycles. The van der Waals surface area contributed by atoms with Crippen LogP contribution in [0.1, 0.15) is 16.8 Å². The van der Waals surface area contributed by atoms with E-state index in [0.717, 1.165) is 22.3 Å². The number of aromatic nitrogens is 1. The summed E-state index contributed by atoms with van der Waals surface area (Å²) in [6.45, 7) is 4.84. The summed E-state index contributed by atoms with van der Waals surface area (Å²) in [6.07, 6.45) is -0.0487. The van der Waals surface area contributed by atoms with Crippen LogP contribution < -0.4 is 14.8 Å². The van der Waals surface area contributed by atoms with Crippen molar-refractivity contribution in [3.8, 4) is 11.5 Å². The number of hydrogen-bond donors (Lipinski definition) is 1. The Hall–Kier alpha value is -3.02. The van der Waals surface area contributed by atoms with E-state index in [1.54, 1.807) is 0 Å². The van der Waals surface area contributed by atoms with Crippen molar-refractivity contribution in [1.29, 1.82) is 0 Å². The number of rotatable bonds is 4. The van der Waals surface area contributed by atoms with E-state index in [0.29, 0.717) is 30.2 Å². The fourth-order valence-corrected chi connectivity index (χ4v) is 2.98.